The summed E-state index contributed by atoms with van der Waals surface area (Å²) in [7, 11) is 2.86. The van der Waals surface area contributed by atoms with Crippen LogP contribution in [0.15, 0.2) is 54.6 Å². The molecule has 1 fully saturated rings. The summed E-state index contributed by atoms with van der Waals surface area (Å²) in [5.74, 6) is -0.0472. The van der Waals surface area contributed by atoms with Crippen molar-refractivity contribution in [1.29, 1.82) is 0 Å². The van der Waals surface area contributed by atoms with Gasteiger partial charge in [-0.3, -0.25) is 14.9 Å². The summed E-state index contributed by atoms with van der Waals surface area (Å²) in [5, 5.41) is 2.20. The number of carbonyl (C=O) groups is 3. The molecule has 1 saturated heterocycles. The minimum atomic E-state index is -0.997. The largest absolute Gasteiger partial charge is 0.493 e. The van der Waals surface area contributed by atoms with E-state index in [1.54, 1.807) is 42.5 Å². The zero-order valence-electron chi connectivity index (χ0n) is 21.2. The number of esters is 1. The molecule has 3 aromatic carbocycles. The van der Waals surface area contributed by atoms with Crippen molar-refractivity contribution < 1.29 is 42.8 Å². The average Bonchev–Trinajstić information content (AvgIpc) is 3.56. The van der Waals surface area contributed by atoms with Crippen LogP contribution >= 0.6 is 0 Å². The monoisotopic (exact) mass is 531 g/mol. The van der Waals surface area contributed by atoms with Crippen LogP contribution in [0.2, 0.25) is 0 Å². The summed E-state index contributed by atoms with van der Waals surface area (Å²) in [5.41, 5.74) is 2.98. The molecule has 6 rings (SSSR count). The van der Waals surface area contributed by atoms with E-state index in [1.165, 1.54) is 14.2 Å². The highest BCUT2D eigenvalue weighted by molar-refractivity contribution is 6.03. The smallest absolute Gasteiger partial charge is 0.419 e. The highest BCUT2D eigenvalue weighted by Gasteiger charge is 2.48. The SMILES string of the molecule is COc1cc([C@@H]2c3cc4c(cc3C[C@H]3COC(=O)[C@@H]32)OCO4)cc(OC)c1OC(=O)NC(=O)c1ccccc1. The number of amides is 2. The van der Waals surface area contributed by atoms with Crippen molar-refractivity contribution >= 4 is 18.0 Å². The number of carbonyl (C=O) groups excluding carboxylic acids is 3. The van der Waals surface area contributed by atoms with Crippen LogP contribution in [0.25, 0.3) is 0 Å². The number of cyclic esters (lactones) is 1. The van der Waals surface area contributed by atoms with E-state index in [9.17, 15) is 14.4 Å². The van der Waals surface area contributed by atoms with Gasteiger partial charge in [-0.1, -0.05) is 18.2 Å². The fourth-order valence-corrected chi connectivity index (χ4v) is 5.56. The lowest BCUT2D eigenvalue weighted by molar-refractivity contribution is -0.141. The molecule has 3 atom stereocenters. The lowest BCUT2D eigenvalue weighted by atomic mass is 9.67. The Labute approximate surface area is 223 Å². The number of hydrogen-bond acceptors (Lipinski definition) is 9. The zero-order valence-corrected chi connectivity index (χ0v) is 21.2. The molecule has 200 valence electrons. The molecule has 2 aliphatic heterocycles. The van der Waals surface area contributed by atoms with Crippen LogP contribution in [0.5, 0.6) is 28.7 Å². The van der Waals surface area contributed by atoms with E-state index in [0.717, 1.165) is 11.1 Å². The van der Waals surface area contributed by atoms with Crippen LogP contribution in [-0.4, -0.2) is 45.6 Å². The first-order valence-electron chi connectivity index (χ1n) is 12.4. The summed E-state index contributed by atoms with van der Waals surface area (Å²) in [4.78, 5) is 38.0. The Morgan fingerprint density at radius 1 is 0.923 bits per heavy atom. The molecule has 39 heavy (non-hydrogen) atoms. The molecule has 3 aromatic rings. The fraction of sp³-hybridized carbons (Fsp3) is 0.276. The molecule has 0 saturated carbocycles. The maximum absolute atomic E-state index is 12.9. The molecular weight excluding hydrogens is 506 g/mol. The maximum Gasteiger partial charge on any atom is 0.419 e. The molecule has 2 amide bonds. The normalized spacial score (nSPS) is 20.4. The molecule has 2 heterocycles. The van der Waals surface area contributed by atoms with E-state index in [1.807, 2.05) is 12.1 Å². The molecule has 0 bridgehead atoms. The average molecular weight is 532 g/mol. The number of hydrogen-bond donors (Lipinski definition) is 1. The third-order valence-electron chi connectivity index (χ3n) is 7.32. The number of methoxy groups -OCH3 is 2. The number of benzene rings is 3. The van der Waals surface area contributed by atoms with E-state index in [2.05, 4.69) is 5.32 Å². The van der Waals surface area contributed by atoms with Gasteiger partial charge in [-0.05, 0) is 59.5 Å². The Bertz CT molecular complexity index is 1440. The van der Waals surface area contributed by atoms with Crippen molar-refractivity contribution in [2.75, 3.05) is 27.6 Å². The summed E-state index contributed by atoms with van der Waals surface area (Å²) in [6, 6.07) is 15.6. The third-order valence-corrected chi connectivity index (χ3v) is 7.32. The van der Waals surface area contributed by atoms with E-state index in [0.29, 0.717) is 35.7 Å². The van der Waals surface area contributed by atoms with Gasteiger partial charge in [0, 0.05) is 17.4 Å². The molecule has 0 aromatic heterocycles. The second-order valence-electron chi connectivity index (χ2n) is 9.47. The van der Waals surface area contributed by atoms with Crippen molar-refractivity contribution in [3.8, 4) is 28.7 Å². The number of rotatable bonds is 5. The fourth-order valence-electron chi connectivity index (χ4n) is 5.56. The highest BCUT2D eigenvalue weighted by atomic mass is 16.7. The molecule has 1 N–H and O–H groups in total. The Kier molecular flexibility index (Phi) is 6.22. The van der Waals surface area contributed by atoms with Crippen LogP contribution in [0, 0.1) is 11.8 Å². The first kappa shape index (κ1) is 24.6. The van der Waals surface area contributed by atoms with Crippen molar-refractivity contribution in [2.24, 2.45) is 11.8 Å². The van der Waals surface area contributed by atoms with E-state index < -0.39 is 23.8 Å². The second-order valence-corrected chi connectivity index (χ2v) is 9.47. The maximum atomic E-state index is 12.9. The Balaban J connectivity index is 1.36. The van der Waals surface area contributed by atoms with Crippen LogP contribution < -0.4 is 29.0 Å². The minimum Gasteiger partial charge on any atom is -0.493 e. The number of fused-ring (bicyclic) bond motifs is 3. The summed E-state index contributed by atoms with van der Waals surface area (Å²) < 4.78 is 33.3. The van der Waals surface area contributed by atoms with Gasteiger partial charge in [-0.25, -0.2) is 4.79 Å². The van der Waals surface area contributed by atoms with Gasteiger partial charge < -0.3 is 28.4 Å². The predicted molar refractivity (Wildman–Crippen MR) is 136 cm³/mol. The predicted octanol–water partition coefficient (Wildman–Crippen LogP) is 3.84. The van der Waals surface area contributed by atoms with Crippen LogP contribution in [0.4, 0.5) is 4.79 Å². The minimum absolute atomic E-state index is 0.00520. The lowest BCUT2D eigenvalue weighted by Gasteiger charge is -2.34. The molecule has 0 radical (unpaired) electrons. The van der Waals surface area contributed by atoms with Gasteiger partial charge in [0.1, 0.15) is 0 Å². The van der Waals surface area contributed by atoms with Crippen LogP contribution in [0.1, 0.15) is 33.0 Å². The van der Waals surface area contributed by atoms with Gasteiger partial charge in [0.05, 0.1) is 26.7 Å². The molecule has 3 aliphatic rings. The number of imide groups is 1. The van der Waals surface area contributed by atoms with Crippen LogP contribution in [0.3, 0.4) is 0 Å². The summed E-state index contributed by atoms with van der Waals surface area (Å²) >= 11 is 0. The Morgan fingerprint density at radius 2 is 1.62 bits per heavy atom. The van der Waals surface area contributed by atoms with Gasteiger partial charge >= 0.3 is 12.1 Å². The van der Waals surface area contributed by atoms with E-state index >= 15 is 0 Å². The van der Waals surface area contributed by atoms with Gasteiger partial charge in [0.15, 0.2) is 23.0 Å². The highest BCUT2D eigenvalue weighted by Crippen LogP contribution is 2.52. The topological polar surface area (TPSA) is 119 Å². The first-order chi connectivity index (χ1) is 19.0. The molecular formula is C29H25NO9. The second kappa shape index (κ2) is 9.86. The molecule has 1 aliphatic carbocycles. The van der Waals surface area contributed by atoms with Crippen LogP contribution in [-0.2, 0) is 16.0 Å². The van der Waals surface area contributed by atoms with Gasteiger partial charge in [-0.2, -0.15) is 0 Å². The molecule has 0 spiro atoms. The summed E-state index contributed by atoms with van der Waals surface area (Å²) in [6.45, 7) is 0.472. The lowest BCUT2D eigenvalue weighted by Crippen LogP contribution is -2.33. The molecule has 10 nitrogen and oxygen atoms in total. The molecule has 0 unspecified atom stereocenters. The van der Waals surface area contributed by atoms with Gasteiger partial charge in [0.25, 0.3) is 5.91 Å². The van der Waals surface area contributed by atoms with Gasteiger partial charge in [0.2, 0.25) is 12.5 Å². The zero-order chi connectivity index (χ0) is 27.1. The first-order valence-corrected chi connectivity index (χ1v) is 12.4. The van der Waals surface area contributed by atoms with Gasteiger partial charge in [-0.15, -0.1) is 0 Å². The van der Waals surface area contributed by atoms with Crippen molar-refractivity contribution in [3.05, 3.63) is 76.9 Å². The number of ether oxygens (including phenoxy) is 6. The van der Waals surface area contributed by atoms with Crippen molar-refractivity contribution in [1.82, 2.24) is 5.32 Å². The quantitative estimate of drug-likeness (QED) is 0.490. The number of nitrogens with one attached hydrogen (secondary N) is 1. The Morgan fingerprint density at radius 3 is 2.31 bits per heavy atom. The van der Waals surface area contributed by atoms with E-state index in [4.69, 9.17) is 28.4 Å². The third kappa shape index (κ3) is 4.37. The standard InChI is InChI=1S/C29H25NO9/c1-34-22-10-17(11-23(35-2)26(22)39-29(33)30-27(31)15-6-4-3-5-7-15)24-19-12-21-20(37-14-38-21)9-16(19)8-18-13-36-28(32)25(18)24/h3-7,9-12,18,24-25H,8,13-14H2,1-2H3,(H,30,31,33)/t18-,24+,25-/m0/s1. The summed E-state index contributed by atoms with van der Waals surface area (Å²) in [6.07, 6.45) is -0.326. The van der Waals surface area contributed by atoms with E-state index in [-0.39, 0.29) is 35.9 Å². The Hall–Kier alpha value is -4.73. The molecule has 10 heteroatoms. The van der Waals surface area contributed by atoms with Crippen molar-refractivity contribution in [3.63, 3.8) is 0 Å². The van der Waals surface area contributed by atoms with Crippen molar-refractivity contribution in [2.45, 2.75) is 12.3 Å².